The molecule has 0 radical (unpaired) electrons. The molecule has 2 aromatic rings. The molecule has 3 nitrogen and oxygen atoms in total. The molecule has 0 fully saturated rings. The number of carbonyl (C=O) groups excluding carboxylic acids is 1. The van der Waals surface area contributed by atoms with Crippen LogP contribution in [0.1, 0.15) is 49.8 Å². The van der Waals surface area contributed by atoms with E-state index in [0.29, 0.717) is 6.08 Å². The fourth-order valence-electron chi connectivity index (χ4n) is 4.62. The summed E-state index contributed by atoms with van der Waals surface area (Å²) in [7, 11) is 1.24. The molecular formula is C29H27F10NO2. The molecule has 0 saturated carbocycles. The van der Waals surface area contributed by atoms with Crippen molar-refractivity contribution >= 4 is 5.78 Å². The Morgan fingerprint density at radius 3 is 2.10 bits per heavy atom. The van der Waals surface area contributed by atoms with Crippen LogP contribution in [0.3, 0.4) is 0 Å². The smallest absolute Gasteiger partial charge is 0.416 e. The van der Waals surface area contributed by atoms with Crippen LogP contribution in [0.4, 0.5) is 43.9 Å². The topological polar surface area (TPSA) is 38.3 Å². The van der Waals surface area contributed by atoms with Crippen molar-refractivity contribution in [1.82, 2.24) is 5.32 Å². The van der Waals surface area contributed by atoms with E-state index in [2.05, 4.69) is 5.32 Å². The zero-order chi connectivity index (χ0) is 31.8. The van der Waals surface area contributed by atoms with E-state index in [1.54, 1.807) is 13.8 Å². The lowest BCUT2D eigenvalue weighted by Gasteiger charge is -2.26. The van der Waals surface area contributed by atoms with Crippen molar-refractivity contribution in [2.45, 2.75) is 64.2 Å². The van der Waals surface area contributed by atoms with Gasteiger partial charge < -0.3 is 10.1 Å². The fraction of sp³-hybridized carbons (Fsp3) is 0.414. The third-order valence-electron chi connectivity index (χ3n) is 6.90. The van der Waals surface area contributed by atoms with E-state index in [1.807, 2.05) is 0 Å². The van der Waals surface area contributed by atoms with Crippen LogP contribution in [0.25, 0.3) is 11.1 Å². The lowest BCUT2D eigenvalue weighted by atomic mass is 9.84. The van der Waals surface area contributed by atoms with Crippen LogP contribution in [0.15, 0.2) is 53.6 Å². The second kappa shape index (κ2) is 12.1. The molecule has 0 amide bonds. The Morgan fingerprint density at radius 2 is 1.57 bits per heavy atom. The SMILES string of the molecule is COc1cc(F)c(C(C)C)cc1-c1ccc(C(F)(F)F)cc1CN[C@@H](C)C(=O)C1C=C(C(F)(F)F)C=C(C(F)(F)F)C1. The molecule has 0 heterocycles. The van der Waals surface area contributed by atoms with Gasteiger partial charge in [0.15, 0.2) is 5.78 Å². The Hall–Kier alpha value is -3.35. The molecular weight excluding hydrogens is 584 g/mol. The number of methoxy groups -OCH3 is 1. The summed E-state index contributed by atoms with van der Waals surface area (Å²) in [4.78, 5) is 13.0. The van der Waals surface area contributed by atoms with Crippen molar-refractivity contribution in [2.75, 3.05) is 7.11 Å². The Labute approximate surface area is 235 Å². The molecule has 2 atom stereocenters. The number of hydrogen-bond acceptors (Lipinski definition) is 3. The van der Waals surface area contributed by atoms with Gasteiger partial charge in [0.1, 0.15) is 11.6 Å². The van der Waals surface area contributed by atoms with Crippen molar-refractivity contribution in [3.63, 3.8) is 0 Å². The van der Waals surface area contributed by atoms with Gasteiger partial charge >= 0.3 is 18.5 Å². The van der Waals surface area contributed by atoms with Crippen molar-refractivity contribution in [3.05, 3.63) is 76.1 Å². The highest BCUT2D eigenvalue weighted by Gasteiger charge is 2.43. The van der Waals surface area contributed by atoms with Crippen LogP contribution in [0.2, 0.25) is 0 Å². The maximum Gasteiger partial charge on any atom is 0.416 e. The number of ketones is 1. The third kappa shape index (κ3) is 7.53. The minimum atomic E-state index is -5.14. The number of benzene rings is 2. The minimum absolute atomic E-state index is 0.0144. The summed E-state index contributed by atoms with van der Waals surface area (Å²) >= 11 is 0. The van der Waals surface area contributed by atoms with E-state index in [-0.39, 0.29) is 40.0 Å². The van der Waals surface area contributed by atoms with Gasteiger partial charge in [-0.05, 0) is 60.2 Å². The quantitative estimate of drug-likeness (QED) is 0.304. The molecule has 0 bridgehead atoms. The van der Waals surface area contributed by atoms with Gasteiger partial charge in [-0.1, -0.05) is 26.0 Å². The summed E-state index contributed by atoms with van der Waals surface area (Å²) in [5, 5.41) is 2.64. The summed E-state index contributed by atoms with van der Waals surface area (Å²) < 4.78 is 140. The van der Waals surface area contributed by atoms with Gasteiger partial charge in [-0.2, -0.15) is 39.5 Å². The Kier molecular flexibility index (Phi) is 9.55. The van der Waals surface area contributed by atoms with Gasteiger partial charge in [0.25, 0.3) is 0 Å². The molecule has 230 valence electrons. The number of rotatable bonds is 8. The zero-order valence-corrected chi connectivity index (χ0v) is 22.8. The van der Waals surface area contributed by atoms with Gasteiger partial charge in [-0.15, -0.1) is 0 Å². The monoisotopic (exact) mass is 611 g/mol. The van der Waals surface area contributed by atoms with E-state index >= 15 is 0 Å². The summed E-state index contributed by atoms with van der Waals surface area (Å²) in [5.41, 5.74) is -3.51. The standard InChI is InChI=1S/C29H27F10NO2/c1-14(2)22-11-23(25(42-4)12-24(22)30)21-6-5-18(27(31,32)33)9-17(21)13-40-15(3)26(41)16-7-19(28(34,35)36)10-20(8-16)29(37,38)39/h5-7,9-12,14-16,40H,8,13H2,1-4H3/t15-,16?/m0/s1. The zero-order valence-electron chi connectivity index (χ0n) is 22.8. The van der Waals surface area contributed by atoms with Crippen LogP contribution >= 0.6 is 0 Å². The van der Waals surface area contributed by atoms with Gasteiger partial charge in [0.05, 0.1) is 24.3 Å². The number of hydrogen-bond donors (Lipinski definition) is 1. The van der Waals surface area contributed by atoms with E-state index < -0.39 is 71.8 Å². The number of allylic oxidation sites excluding steroid dienone is 4. The molecule has 13 heteroatoms. The van der Waals surface area contributed by atoms with Crippen molar-refractivity contribution in [1.29, 1.82) is 0 Å². The molecule has 3 rings (SSSR count). The van der Waals surface area contributed by atoms with E-state index in [9.17, 15) is 48.7 Å². The molecule has 1 N–H and O–H groups in total. The second-order valence-electron chi connectivity index (χ2n) is 10.2. The molecule has 1 aliphatic rings. The third-order valence-corrected chi connectivity index (χ3v) is 6.90. The van der Waals surface area contributed by atoms with Crippen LogP contribution < -0.4 is 10.1 Å². The maximum absolute atomic E-state index is 14.6. The molecule has 0 saturated heterocycles. The number of Topliss-reactive ketones (excluding diaryl/α,β-unsaturated/α-hetero) is 1. The number of alkyl halides is 9. The molecule has 1 unspecified atom stereocenters. The lowest BCUT2D eigenvalue weighted by Crippen LogP contribution is -2.39. The van der Waals surface area contributed by atoms with E-state index in [4.69, 9.17) is 4.74 Å². The van der Waals surface area contributed by atoms with E-state index in [0.717, 1.165) is 24.3 Å². The molecule has 0 aliphatic heterocycles. The lowest BCUT2D eigenvalue weighted by molar-refractivity contribution is -0.137. The van der Waals surface area contributed by atoms with Crippen LogP contribution in [0.5, 0.6) is 5.75 Å². The maximum atomic E-state index is 14.6. The summed E-state index contributed by atoms with van der Waals surface area (Å²) in [6, 6.07) is 3.91. The summed E-state index contributed by atoms with van der Waals surface area (Å²) in [5.74, 6) is -3.67. The highest BCUT2D eigenvalue weighted by Crippen LogP contribution is 2.41. The Bertz CT molecular complexity index is 1380. The molecule has 0 spiro atoms. The largest absolute Gasteiger partial charge is 0.496 e. The molecule has 1 aliphatic carbocycles. The second-order valence-corrected chi connectivity index (χ2v) is 10.2. The van der Waals surface area contributed by atoms with Crippen LogP contribution in [-0.4, -0.2) is 31.3 Å². The minimum Gasteiger partial charge on any atom is -0.496 e. The van der Waals surface area contributed by atoms with Gasteiger partial charge in [-0.25, -0.2) is 4.39 Å². The molecule has 2 aromatic carbocycles. The normalized spacial score (nSPS) is 17.2. The van der Waals surface area contributed by atoms with E-state index in [1.165, 1.54) is 20.1 Å². The van der Waals surface area contributed by atoms with Gasteiger partial charge in [-0.3, -0.25) is 4.79 Å². The highest BCUT2D eigenvalue weighted by molar-refractivity contribution is 5.88. The number of ether oxygens (including phenoxy) is 1. The predicted octanol–water partition coefficient (Wildman–Crippen LogP) is 8.69. The number of nitrogens with one attached hydrogen (secondary N) is 1. The van der Waals surface area contributed by atoms with Crippen LogP contribution in [0, 0.1) is 11.7 Å². The summed E-state index contributed by atoms with van der Waals surface area (Å²) in [6.45, 7) is 4.17. The van der Waals surface area contributed by atoms with Crippen LogP contribution in [-0.2, 0) is 17.5 Å². The average molecular weight is 612 g/mol. The first-order chi connectivity index (χ1) is 19.2. The van der Waals surface area contributed by atoms with Crippen molar-refractivity contribution in [3.8, 4) is 16.9 Å². The fourth-order valence-corrected chi connectivity index (χ4v) is 4.62. The predicted molar refractivity (Wildman–Crippen MR) is 135 cm³/mol. The molecule has 42 heavy (non-hydrogen) atoms. The van der Waals surface area contributed by atoms with Gasteiger partial charge in [0.2, 0.25) is 0 Å². The first-order valence-corrected chi connectivity index (χ1v) is 12.7. The number of halogens is 10. The highest BCUT2D eigenvalue weighted by atomic mass is 19.4. The van der Waals surface area contributed by atoms with Crippen molar-refractivity contribution < 1.29 is 53.4 Å². The summed E-state index contributed by atoms with van der Waals surface area (Å²) in [6.07, 6.45) is -15.6. The Balaban J connectivity index is 1.98. The first kappa shape index (κ1) is 33.2. The average Bonchev–Trinajstić information content (AvgIpc) is 2.89. The Morgan fingerprint density at radius 1 is 0.929 bits per heavy atom. The first-order valence-electron chi connectivity index (χ1n) is 12.7. The molecule has 0 aromatic heterocycles. The van der Waals surface area contributed by atoms with Crippen molar-refractivity contribution in [2.24, 2.45) is 5.92 Å². The van der Waals surface area contributed by atoms with Gasteiger partial charge in [0, 0.05) is 29.7 Å². The number of carbonyl (C=O) groups is 1.